The number of nitro groups is 1. The number of rotatable bonds is 8. The fourth-order valence-corrected chi connectivity index (χ4v) is 2.39. The first kappa shape index (κ1) is 16.5. The summed E-state index contributed by atoms with van der Waals surface area (Å²) >= 11 is 1.38. The minimum atomic E-state index is -0.439. The average molecular weight is 297 g/mol. The number of amides is 1. The highest BCUT2D eigenvalue weighted by atomic mass is 32.2. The summed E-state index contributed by atoms with van der Waals surface area (Å²) in [5.41, 5.74) is 0.0529. The topological polar surface area (TPSA) is 84.3 Å². The van der Waals surface area contributed by atoms with E-state index < -0.39 is 4.92 Å². The molecular formula is C13H19N3O3S. The van der Waals surface area contributed by atoms with E-state index in [4.69, 9.17) is 0 Å². The van der Waals surface area contributed by atoms with E-state index in [-0.39, 0.29) is 16.8 Å². The van der Waals surface area contributed by atoms with Gasteiger partial charge in [-0.1, -0.05) is 6.92 Å². The molecule has 0 radical (unpaired) electrons. The van der Waals surface area contributed by atoms with Gasteiger partial charge in [0.1, 0.15) is 0 Å². The highest BCUT2D eigenvalue weighted by molar-refractivity contribution is 8.00. The summed E-state index contributed by atoms with van der Waals surface area (Å²) in [6, 6.07) is 6.20. The molecule has 1 aromatic carbocycles. The highest BCUT2D eigenvalue weighted by Gasteiger charge is 2.14. The van der Waals surface area contributed by atoms with Crippen LogP contribution in [0.4, 0.5) is 5.69 Å². The monoisotopic (exact) mass is 297 g/mol. The molecule has 0 spiro atoms. The third-order valence-electron chi connectivity index (χ3n) is 2.58. The summed E-state index contributed by atoms with van der Waals surface area (Å²) in [5.74, 6) is -0.0359. The van der Waals surface area contributed by atoms with Crippen molar-refractivity contribution >= 4 is 23.4 Å². The maximum Gasteiger partial charge on any atom is 0.269 e. The highest BCUT2D eigenvalue weighted by Crippen LogP contribution is 2.25. The lowest BCUT2D eigenvalue weighted by Crippen LogP contribution is -2.36. The van der Waals surface area contributed by atoms with Crippen LogP contribution in [0.1, 0.15) is 13.8 Å². The predicted octanol–water partition coefficient (Wildman–Crippen LogP) is 1.80. The lowest BCUT2D eigenvalue weighted by atomic mass is 10.3. The first-order chi connectivity index (χ1) is 9.54. The van der Waals surface area contributed by atoms with E-state index in [0.717, 1.165) is 18.0 Å². The van der Waals surface area contributed by atoms with Crippen molar-refractivity contribution in [3.05, 3.63) is 34.4 Å². The molecule has 6 nitrogen and oxygen atoms in total. The van der Waals surface area contributed by atoms with Crippen LogP contribution in [0.25, 0.3) is 0 Å². The summed E-state index contributed by atoms with van der Waals surface area (Å²) < 4.78 is 0. The molecule has 20 heavy (non-hydrogen) atoms. The van der Waals surface area contributed by atoms with E-state index in [1.807, 2.05) is 13.8 Å². The number of nitrogens with one attached hydrogen (secondary N) is 2. The minimum Gasteiger partial charge on any atom is -0.354 e. The zero-order chi connectivity index (χ0) is 15.0. The van der Waals surface area contributed by atoms with Crippen LogP contribution in [0.3, 0.4) is 0 Å². The Morgan fingerprint density at radius 1 is 1.35 bits per heavy atom. The fourth-order valence-electron chi connectivity index (χ4n) is 1.50. The summed E-state index contributed by atoms with van der Waals surface area (Å²) in [6.07, 6.45) is 0. The van der Waals surface area contributed by atoms with Crippen LogP contribution in [0, 0.1) is 10.1 Å². The minimum absolute atomic E-state index is 0.0359. The number of nitro benzene ring substituents is 1. The molecule has 0 aromatic heterocycles. The van der Waals surface area contributed by atoms with Crippen LogP contribution in [-0.2, 0) is 4.79 Å². The molecule has 1 rings (SSSR count). The SMILES string of the molecule is CCNCCNC(=O)C(C)Sc1ccc([N+](=O)[O-])cc1. The van der Waals surface area contributed by atoms with Gasteiger partial charge in [-0.25, -0.2) is 0 Å². The Bertz CT molecular complexity index is 451. The fraction of sp³-hybridized carbons (Fsp3) is 0.462. The van der Waals surface area contributed by atoms with Gasteiger partial charge in [-0.15, -0.1) is 11.8 Å². The second kappa shape index (κ2) is 8.55. The molecule has 0 saturated heterocycles. The molecule has 110 valence electrons. The quantitative estimate of drug-likeness (QED) is 0.331. The zero-order valence-corrected chi connectivity index (χ0v) is 12.4. The molecule has 0 fully saturated rings. The summed E-state index contributed by atoms with van der Waals surface area (Å²) in [4.78, 5) is 22.8. The summed E-state index contributed by atoms with van der Waals surface area (Å²) in [5, 5.41) is 16.3. The van der Waals surface area contributed by atoms with Crippen molar-refractivity contribution in [1.82, 2.24) is 10.6 Å². The van der Waals surface area contributed by atoms with Crippen LogP contribution < -0.4 is 10.6 Å². The molecule has 1 unspecified atom stereocenters. The van der Waals surface area contributed by atoms with Crippen LogP contribution in [0.15, 0.2) is 29.2 Å². The maximum absolute atomic E-state index is 11.8. The van der Waals surface area contributed by atoms with Gasteiger partial charge in [0, 0.05) is 30.1 Å². The van der Waals surface area contributed by atoms with Crippen molar-refractivity contribution in [2.45, 2.75) is 24.0 Å². The van der Waals surface area contributed by atoms with Crippen LogP contribution >= 0.6 is 11.8 Å². The number of non-ortho nitro benzene ring substituents is 1. The molecule has 0 saturated carbocycles. The number of benzene rings is 1. The van der Waals surface area contributed by atoms with Crippen molar-refractivity contribution in [3.8, 4) is 0 Å². The summed E-state index contributed by atoms with van der Waals surface area (Å²) in [6.45, 7) is 6.04. The van der Waals surface area contributed by atoms with Gasteiger partial charge in [0.2, 0.25) is 5.91 Å². The van der Waals surface area contributed by atoms with Gasteiger partial charge >= 0.3 is 0 Å². The molecule has 0 bridgehead atoms. The standard InChI is InChI=1S/C13H19N3O3S/c1-3-14-8-9-15-13(17)10(2)20-12-6-4-11(5-7-12)16(18)19/h4-7,10,14H,3,8-9H2,1-2H3,(H,15,17). The third kappa shape index (κ3) is 5.58. The van der Waals surface area contributed by atoms with Gasteiger partial charge in [-0.3, -0.25) is 14.9 Å². The Kier molecular flexibility index (Phi) is 7.03. The van der Waals surface area contributed by atoms with Gasteiger partial charge < -0.3 is 10.6 Å². The lowest BCUT2D eigenvalue weighted by molar-refractivity contribution is -0.384. The lowest BCUT2D eigenvalue weighted by Gasteiger charge is -2.12. The number of likely N-dealkylation sites (N-methyl/N-ethyl adjacent to an activating group) is 1. The first-order valence-electron chi connectivity index (χ1n) is 6.44. The normalized spacial score (nSPS) is 11.9. The van der Waals surface area contributed by atoms with Crippen molar-refractivity contribution in [2.75, 3.05) is 19.6 Å². The maximum atomic E-state index is 11.8. The Labute approximate surface area is 122 Å². The molecule has 7 heteroatoms. The Morgan fingerprint density at radius 2 is 2.00 bits per heavy atom. The number of carbonyl (C=O) groups is 1. The van der Waals surface area contributed by atoms with Crippen molar-refractivity contribution in [1.29, 1.82) is 0 Å². The number of carbonyl (C=O) groups excluding carboxylic acids is 1. The predicted molar refractivity (Wildman–Crippen MR) is 80.0 cm³/mol. The number of thioether (sulfide) groups is 1. The van der Waals surface area contributed by atoms with E-state index in [2.05, 4.69) is 10.6 Å². The molecule has 0 aliphatic carbocycles. The van der Waals surface area contributed by atoms with E-state index in [1.54, 1.807) is 12.1 Å². The van der Waals surface area contributed by atoms with Crippen molar-refractivity contribution < 1.29 is 9.72 Å². The summed E-state index contributed by atoms with van der Waals surface area (Å²) in [7, 11) is 0. The van der Waals surface area contributed by atoms with Crippen LogP contribution in [0.2, 0.25) is 0 Å². The second-order valence-corrected chi connectivity index (χ2v) is 5.57. The molecule has 1 amide bonds. The van der Waals surface area contributed by atoms with Crippen molar-refractivity contribution in [3.63, 3.8) is 0 Å². The second-order valence-electron chi connectivity index (χ2n) is 4.16. The van der Waals surface area contributed by atoms with E-state index in [9.17, 15) is 14.9 Å². The molecule has 0 aliphatic rings. The largest absolute Gasteiger partial charge is 0.354 e. The number of hydrogen-bond donors (Lipinski definition) is 2. The van der Waals surface area contributed by atoms with Gasteiger partial charge in [0.25, 0.3) is 5.69 Å². The third-order valence-corrected chi connectivity index (χ3v) is 3.69. The van der Waals surface area contributed by atoms with Gasteiger partial charge in [-0.2, -0.15) is 0 Å². The molecule has 2 N–H and O–H groups in total. The van der Waals surface area contributed by atoms with E-state index in [0.29, 0.717) is 6.54 Å². The van der Waals surface area contributed by atoms with Crippen LogP contribution in [-0.4, -0.2) is 35.7 Å². The molecule has 1 atom stereocenters. The molecule has 0 heterocycles. The molecule has 1 aromatic rings. The Hall–Kier alpha value is -1.60. The van der Waals surface area contributed by atoms with Gasteiger partial charge in [-0.05, 0) is 25.6 Å². The number of nitrogens with zero attached hydrogens (tertiary/aromatic N) is 1. The van der Waals surface area contributed by atoms with Crippen LogP contribution in [0.5, 0.6) is 0 Å². The van der Waals surface area contributed by atoms with Gasteiger partial charge in [0.15, 0.2) is 0 Å². The van der Waals surface area contributed by atoms with E-state index >= 15 is 0 Å². The van der Waals surface area contributed by atoms with Gasteiger partial charge in [0.05, 0.1) is 10.2 Å². The molecular weight excluding hydrogens is 278 g/mol. The Morgan fingerprint density at radius 3 is 2.55 bits per heavy atom. The Balaban J connectivity index is 2.42. The van der Waals surface area contributed by atoms with E-state index in [1.165, 1.54) is 23.9 Å². The molecule has 0 aliphatic heterocycles. The van der Waals surface area contributed by atoms with Crippen molar-refractivity contribution in [2.24, 2.45) is 0 Å². The number of hydrogen-bond acceptors (Lipinski definition) is 5. The average Bonchev–Trinajstić information content (AvgIpc) is 2.44. The smallest absolute Gasteiger partial charge is 0.269 e. The zero-order valence-electron chi connectivity index (χ0n) is 11.6. The first-order valence-corrected chi connectivity index (χ1v) is 7.32.